The third kappa shape index (κ3) is 4.08. The summed E-state index contributed by atoms with van der Waals surface area (Å²) in [5.41, 5.74) is 3.44. The van der Waals surface area contributed by atoms with Crippen LogP contribution in [0.25, 0.3) is 10.2 Å². The molecule has 0 bridgehead atoms. The third-order valence-corrected chi connectivity index (χ3v) is 8.48. The molecule has 9 heteroatoms. The average molecular weight is 483 g/mol. The fourth-order valence-electron chi connectivity index (χ4n) is 3.68. The molecule has 2 aromatic heterocycles. The fourth-order valence-corrected chi connectivity index (χ4v) is 6.51. The van der Waals surface area contributed by atoms with Crippen LogP contribution >= 0.6 is 46.3 Å². The van der Waals surface area contributed by atoms with Gasteiger partial charge in [-0.25, -0.2) is 0 Å². The average Bonchev–Trinajstić information content (AvgIpc) is 3.36. The summed E-state index contributed by atoms with van der Waals surface area (Å²) in [5.74, 6) is -0.453. The first-order chi connectivity index (χ1) is 14.4. The number of esters is 1. The van der Waals surface area contributed by atoms with Crippen LogP contribution in [0, 0.1) is 0 Å². The molecule has 4 rings (SSSR count). The van der Waals surface area contributed by atoms with E-state index in [4.69, 9.17) is 27.9 Å². The van der Waals surface area contributed by atoms with Gasteiger partial charge in [-0.3, -0.25) is 9.59 Å². The van der Waals surface area contributed by atoms with Crippen molar-refractivity contribution in [3.8, 4) is 0 Å². The van der Waals surface area contributed by atoms with Crippen molar-refractivity contribution in [2.75, 3.05) is 6.61 Å². The molecule has 0 fully saturated rings. The molecule has 3 atom stereocenters. The van der Waals surface area contributed by atoms with Crippen LogP contribution in [0.3, 0.4) is 0 Å². The molecule has 0 radical (unpaired) electrons. The number of fused-ring (bicyclic) bond motifs is 2. The Bertz CT molecular complexity index is 1110. The van der Waals surface area contributed by atoms with E-state index in [0.717, 1.165) is 10.3 Å². The smallest absolute Gasteiger partial charge is 0.318 e. The van der Waals surface area contributed by atoms with Crippen LogP contribution in [0.4, 0.5) is 0 Å². The number of carbonyl (C=O) groups excluding carboxylic acids is 2. The van der Waals surface area contributed by atoms with Crippen LogP contribution < -0.4 is 5.32 Å². The second-order valence-corrected chi connectivity index (χ2v) is 10.6. The van der Waals surface area contributed by atoms with Gasteiger partial charge >= 0.3 is 5.97 Å². The van der Waals surface area contributed by atoms with Gasteiger partial charge in [0.05, 0.1) is 27.1 Å². The maximum absolute atomic E-state index is 13.0. The molecular formula is C21H20Cl2N2O3S2. The van der Waals surface area contributed by atoms with Crippen LogP contribution in [0.1, 0.15) is 40.7 Å². The third-order valence-electron chi connectivity index (χ3n) is 5.07. The monoisotopic (exact) mass is 482 g/mol. The molecule has 0 saturated carbocycles. The van der Waals surface area contributed by atoms with Crippen LogP contribution in [0.15, 0.2) is 30.3 Å². The zero-order valence-corrected chi connectivity index (χ0v) is 19.5. The van der Waals surface area contributed by atoms with Crippen molar-refractivity contribution in [1.82, 2.24) is 10.3 Å². The van der Waals surface area contributed by atoms with Crippen molar-refractivity contribution in [1.29, 1.82) is 0 Å². The van der Waals surface area contributed by atoms with E-state index in [2.05, 4.69) is 22.4 Å². The Morgan fingerprint density at radius 2 is 2.13 bits per heavy atom. The Hall–Kier alpha value is -1.67. The number of carbonyl (C=O) groups is 2. The first kappa shape index (κ1) is 21.6. The highest BCUT2D eigenvalue weighted by atomic mass is 35.5. The lowest BCUT2D eigenvalue weighted by atomic mass is 10.1. The Labute approximate surface area is 192 Å². The van der Waals surface area contributed by atoms with E-state index < -0.39 is 0 Å². The highest BCUT2D eigenvalue weighted by molar-refractivity contribution is 8.00. The minimum atomic E-state index is -0.336. The van der Waals surface area contributed by atoms with Crippen molar-refractivity contribution >= 4 is 68.4 Å². The van der Waals surface area contributed by atoms with Gasteiger partial charge in [-0.05, 0) is 37.5 Å². The number of rotatable bonds is 6. The number of aromatic nitrogens is 1. The van der Waals surface area contributed by atoms with Crippen LogP contribution in [-0.2, 0) is 16.0 Å². The fraction of sp³-hybridized carbons (Fsp3) is 0.333. The number of benzene rings is 1. The molecule has 1 aliphatic carbocycles. The Morgan fingerprint density at radius 1 is 1.37 bits per heavy atom. The molecule has 5 nitrogen and oxygen atoms in total. The number of ether oxygens (including phenoxy) is 1. The van der Waals surface area contributed by atoms with Crippen LogP contribution in [0.2, 0.25) is 9.36 Å². The second kappa shape index (κ2) is 8.83. The lowest BCUT2D eigenvalue weighted by molar-refractivity contribution is -0.142. The summed E-state index contributed by atoms with van der Waals surface area (Å²) in [7, 11) is 0. The Balaban J connectivity index is 1.55. The number of hydrogen-bond donors (Lipinski definition) is 2. The molecule has 158 valence electrons. The van der Waals surface area contributed by atoms with Crippen LogP contribution in [-0.4, -0.2) is 34.8 Å². The topological polar surface area (TPSA) is 71.2 Å². The van der Waals surface area contributed by atoms with Gasteiger partial charge in [0.2, 0.25) is 0 Å². The quantitative estimate of drug-likeness (QED) is 0.447. The summed E-state index contributed by atoms with van der Waals surface area (Å²) < 4.78 is 6.50. The number of H-pyrrole nitrogens is 1. The number of halogens is 2. The van der Waals surface area contributed by atoms with E-state index in [9.17, 15) is 9.59 Å². The molecule has 0 saturated heterocycles. The number of nitrogens with one attached hydrogen (secondary N) is 2. The van der Waals surface area contributed by atoms with Gasteiger partial charge in [-0.15, -0.1) is 23.1 Å². The predicted molar refractivity (Wildman–Crippen MR) is 124 cm³/mol. The van der Waals surface area contributed by atoms with Gasteiger partial charge in [-0.1, -0.05) is 47.5 Å². The summed E-state index contributed by atoms with van der Waals surface area (Å²) in [5, 5.41) is 3.19. The largest absolute Gasteiger partial charge is 0.465 e. The standard InChI is InChI=1S/C21H20Cl2N2O3S2/c1-3-28-21(27)10(2)29-18-12-7-5-4-6-11(12)8-13(18)25-20(26)14-9-15-17(24-14)16(22)19(23)30-15/h4-7,9-10,13,18,24H,3,8H2,1-2H3,(H,25,26)/t10-,13-,18-/m1/s1. The van der Waals surface area contributed by atoms with E-state index in [1.807, 2.05) is 19.1 Å². The molecule has 2 N–H and O–H groups in total. The number of amides is 1. The molecule has 1 aromatic carbocycles. The molecule has 0 aliphatic heterocycles. The van der Waals surface area contributed by atoms with Crippen molar-refractivity contribution < 1.29 is 14.3 Å². The van der Waals surface area contributed by atoms with Gasteiger partial charge < -0.3 is 15.0 Å². The molecule has 1 aliphatic rings. The van der Waals surface area contributed by atoms with Crippen molar-refractivity contribution in [2.24, 2.45) is 0 Å². The highest BCUT2D eigenvalue weighted by Crippen LogP contribution is 2.44. The first-order valence-electron chi connectivity index (χ1n) is 9.56. The molecule has 30 heavy (non-hydrogen) atoms. The molecular weight excluding hydrogens is 463 g/mol. The Kier molecular flexibility index (Phi) is 6.34. The lowest BCUT2D eigenvalue weighted by Crippen LogP contribution is -2.38. The van der Waals surface area contributed by atoms with Gasteiger partial charge in [-0.2, -0.15) is 0 Å². The minimum Gasteiger partial charge on any atom is -0.465 e. The van der Waals surface area contributed by atoms with Crippen molar-refractivity contribution in [3.05, 3.63) is 56.5 Å². The van der Waals surface area contributed by atoms with E-state index >= 15 is 0 Å². The zero-order valence-electron chi connectivity index (χ0n) is 16.3. The van der Waals surface area contributed by atoms with E-state index in [1.165, 1.54) is 28.7 Å². The number of thioether (sulfide) groups is 1. The van der Waals surface area contributed by atoms with E-state index in [0.29, 0.717) is 33.6 Å². The van der Waals surface area contributed by atoms with E-state index in [-0.39, 0.29) is 28.4 Å². The predicted octanol–water partition coefficient (Wildman–Crippen LogP) is 5.62. The van der Waals surface area contributed by atoms with Crippen LogP contribution in [0.5, 0.6) is 0 Å². The molecule has 3 aromatic rings. The molecule has 1 amide bonds. The number of hydrogen-bond acceptors (Lipinski definition) is 5. The second-order valence-electron chi connectivity index (χ2n) is 7.05. The minimum absolute atomic E-state index is 0.0429. The van der Waals surface area contributed by atoms with Crippen molar-refractivity contribution in [2.45, 2.75) is 36.8 Å². The Morgan fingerprint density at radius 3 is 2.87 bits per heavy atom. The molecule has 0 unspecified atom stereocenters. The van der Waals surface area contributed by atoms with Gasteiger partial charge in [0.25, 0.3) is 5.91 Å². The maximum Gasteiger partial charge on any atom is 0.318 e. The van der Waals surface area contributed by atoms with Gasteiger partial charge in [0.1, 0.15) is 15.3 Å². The molecule has 0 spiro atoms. The van der Waals surface area contributed by atoms with Gasteiger partial charge in [0, 0.05) is 6.04 Å². The summed E-state index contributed by atoms with van der Waals surface area (Å²) in [6.07, 6.45) is 0.705. The van der Waals surface area contributed by atoms with Gasteiger partial charge in [0.15, 0.2) is 0 Å². The number of thiophene rings is 1. The van der Waals surface area contributed by atoms with Crippen molar-refractivity contribution in [3.63, 3.8) is 0 Å². The number of aromatic amines is 1. The summed E-state index contributed by atoms with van der Waals surface area (Å²) in [6.45, 7) is 3.98. The SMILES string of the molecule is CCOC(=O)[C@@H](C)S[C@@H]1c2ccccc2C[C@H]1NC(=O)c1cc2sc(Cl)c(Cl)c2[nH]1. The lowest BCUT2D eigenvalue weighted by Gasteiger charge is -2.23. The zero-order chi connectivity index (χ0) is 21.4. The maximum atomic E-state index is 13.0. The normalized spacial score (nSPS) is 18.9. The van der Waals surface area contributed by atoms with E-state index in [1.54, 1.807) is 13.0 Å². The highest BCUT2D eigenvalue weighted by Gasteiger charge is 2.36. The summed E-state index contributed by atoms with van der Waals surface area (Å²) >= 11 is 15.1. The first-order valence-corrected chi connectivity index (χ1v) is 12.1. The molecule has 2 heterocycles. The summed E-state index contributed by atoms with van der Waals surface area (Å²) in [4.78, 5) is 28.2. The summed E-state index contributed by atoms with van der Waals surface area (Å²) in [6, 6.07) is 9.72.